The molecular formula is C16H16N2O6S. The highest BCUT2D eigenvalue weighted by Gasteiger charge is 2.56. The van der Waals surface area contributed by atoms with Gasteiger partial charge in [0.05, 0.1) is 10.8 Å². The van der Waals surface area contributed by atoms with Gasteiger partial charge in [0, 0.05) is 5.75 Å². The summed E-state index contributed by atoms with van der Waals surface area (Å²) in [4.78, 5) is 36.6. The average Bonchev–Trinajstić information content (AvgIpc) is 2.58. The maximum Gasteiger partial charge on any atom is 0.352 e. The SMILES string of the molecule is CC1=C(C(=O)O)N2C(=O)[C@H](NC(=O)COc3ccccc3)[C@@H]2S(=O)C1. The number of para-hydroxylation sites is 1. The molecule has 1 aromatic rings. The Labute approximate surface area is 145 Å². The van der Waals surface area contributed by atoms with Gasteiger partial charge in [0.15, 0.2) is 6.61 Å². The minimum absolute atomic E-state index is 0.0585. The topological polar surface area (TPSA) is 113 Å². The van der Waals surface area contributed by atoms with E-state index >= 15 is 0 Å². The summed E-state index contributed by atoms with van der Waals surface area (Å²) in [5, 5.41) is 10.9. The zero-order chi connectivity index (χ0) is 18.1. The Morgan fingerprint density at radius 3 is 2.68 bits per heavy atom. The molecule has 2 aliphatic rings. The van der Waals surface area contributed by atoms with Crippen LogP contribution in [0.2, 0.25) is 0 Å². The normalized spacial score (nSPS) is 25.1. The number of carbonyl (C=O) groups is 3. The Morgan fingerprint density at radius 2 is 2.04 bits per heavy atom. The lowest BCUT2D eigenvalue weighted by Crippen LogP contribution is -2.73. The Hall–Kier alpha value is -2.68. The van der Waals surface area contributed by atoms with E-state index in [1.54, 1.807) is 24.3 Å². The summed E-state index contributed by atoms with van der Waals surface area (Å²) in [6, 6.07) is 7.69. The van der Waals surface area contributed by atoms with Gasteiger partial charge in [-0.3, -0.25) is 18.7 Å². The molecule has 1 aromatic carbocycles. The molecule has 0 aromatic heterocycles. The molecule has 0 aliphatic carbocycles. The van der Waals surface area contributed by atoms with Crippen LogP contribution >= 0.6 is 0 Å². The largest absolute Gasteiger partial charge is 0.484 e. The summed E-state index contributed by atoms with van der Waals surface area (Å²) in [5.74, 6) is -1.80. The lowest BCUT2D eigenvalue weighted by molar-refractivity contribution is -0.151. The van der Waals surface area contributed by atoms with E-state index < -0.39 is 40.0 Å². The van der Waals surface area contributed by atoms with Crippen molar-refractivity contribution in [1.82, 2.24) is 10.2 Å². The molecule has 0 spiro atoms. The van der Waals surface area contributed by atoms with Gasteiger partial charge in [0.1, 0.15) is 22.9 Å². The van der Waals surface area contributed by atoms with Gasteiger partial charge in [-0.25, -0.2) is 4.79 Å². The van der Waals surface area contributed by atoms with Crippen LogP contribution in [0.15, 0.2) is 41.6 Å². The van der Waals surface area contributed by atoms with Crippen LogP contribution in [0.25, 0.3) is 0 Å². The molecule has 0 bridgehead atoms. The Morgan fingerprint density at radius 1 is 1.36 bits per heavy atom. The maximum atomic E-state index is 12.3. The van der Waals surface area contributed by atoms with Gasteiger partial charge in [0.2, 0.25) is 0 Å². The third kappa shape index (κ3) is 3.14. The Balaban J connectivity index is 1.65. The van der Waals surface area contributed by atoms with Crippen LogP contribution in [0.3, 0.4) is 0 Å². The van der Waals surface area contributed by atoms with Crippen molar-refractivity contribution < 1.29 is 28.4 Å². The number of ether oxygens (including phenoxy) is 1. The number of hydrogen-bond acceptors (Lipinski definition) is 5. The van der Waals surface area contributed by atoms with Crippen LogP contribution in [-0.2, 0) is 25.2 Å². The summed E-state index contributed by atoms with van der Waals surface area (Å²) in [7, 11) is -1.47. The molecule has 9 heteroatoms. The molecule has 3 atom stereocenters. The van der Waals surface area contributed by atoms with E-state index in [0.29, 0.717) is 11.3 Å². The first-order chi connectivity index (χ1) is 11.9. The lowest BCUT2D eigenvalue weighted by atomic mass is 10.0. The molecule has 2 amide bonds. The Bertz CT molecular complexity index is 791. The number of nitrogens with one attached hydrogen (secondary N) is 1. The first-order valence-electron chi connectivity index (χ1n) is 7.50. The van der Waals surface area contributed by atoms with E-state index in [4.69, 9.17) is 4.74 Å². The molecule has 1 saturated heterocycles. The van der Waals surface area contributed by atoms with E-state index in [1.807, 2.05) is 6.07 Å². The van der Waals surface area contributed by atoms with Gasteiger partial charge >= 0.3 is 5.97 Å². The summed E-state index contributed by atoms with van der Waals surface area (Å²) >= 11 is 0. The zero-order valence-corrected chi connectivity index (χ0v) is 14.1. The van der Waals surface area contributed by atoms with Crippen molar-refractivity contribution in [2.24, 2.45) is 0 Å². The number of carboxylic acids is 1. The molecular weight excluding hydrogens is 348 g/mol. The number of rotatable bonds is 5. The van der Waals surface area contributed by atoms with Crippen LogP contribution in [-0.4, -0.2) is 55.8 Å². The van der Waals surface area contributed by atoms with Crippen molar-refractivity contribution in [2.45, 2.75) is 18.3 Å². The van der Waals surface area contributed by atoms with Gasteiger partial charge in [-0.1, -0.05) is 18.2 Å². The Kier molecular flexibility index (Phi) is 4.58. The fraction of sp³-hybridized carbons (Fsp3) is 0.312. The van der Waals surface area contributed by atoms with Crippen molar-refractivity contribution in [1.29, 1.82) is 0 Å². The van der Waals surface area contributed by atoms with Crippen molar-refractivity contribution in [2.75, 3.05) is 12.4 Å². The number of amides is 2. The second-order valence-corrected chi connectivity index (χ2v) is 7.24. The van der Waals surface area contributed by atoms with E-state index in [9.17, 15) is 23.7 Å². The monoisotopic (exact) mass is 364 g/mol. The smallest absolute Gasteiger partial charge is 0.352 e. The number of benzene rings is 1. The van der Waals surface area contributed by atoms with Crippen molar-refractivity contribution in [3.05, 3.63) is 41.6 Å². The van der Waals surface area contributed by atoms with Crippen molar-refractivity contribution >= 4 is 28.6 Å². The maximum absolute atomic E-state index is 12.3. The molecule has 2 heterocycles. The van der Waals surface area contributed by atoms with Gasteiger partial charge in [-0.15, -0.1) is 0 Å². The molecule has 3 rings (SSSR count). The number of carboxylic acid groups (broad SMARTS) is 1. The number of nitrogens with zero attached hydrogens (tertiary/aromatic N) is 1. The van der Waals surface area contributed by atoms with Crippen LogP contribution in [0, 0.1) is 0 Å². The molecule has 8 nitrogen and oxygen atoms in total. The molecule has 0 saturated carbocycles. The molecule has 25 heavy (non-hydrogen) atoms. The fourth-order valence-electron chi connectivity index (χ4n) is 2.84. The minimum atomic E-state index is -1.47. The second-order valence-electron chi connectivity index (χ2n) is 5.70. The van der Waals surface area contributed by atoms with E-state index in [1.165, 1.54) is 6.92 Å². The zero-order valence-electron chi connectivity index (χ0n) is 13.3. The third-order valence-electron chi connectivity index (χ3n) is 3.95. The highest BCUT2D eigenvalue weighted by atomic mass is 32.2. The average molecular weight is 364 g/mol. The predicted octanol–water partition coefficient (Wildman–Crippen LogP) is -0.161. The van der Waals surface area contributed by atoms with E-state index in [2.05, 4.69) is 5.32 Å². The van der Waals surface area contributed by atoms with Gasteiger partial charge in [0.25, 0.3) is 11.8 Å². The molecule has 132 valence electrons. The number of aliphatic carboxylic acids is 1. The number of carbonyl (C=O) groups excluding carboxylic acids is 2. The summed E-state index contributed by atoms with van der Waals surface area (Å²) in [5.41, 5.74) is 0.230. The lowest BCUT2D eigenvalue weighted by Gasteiger charge is -2.48. The van der Waals surface area contributed by atoms with Crippen molar-refractivity contribution in [3.63, 3.8) is 0 Å². The highest BCUT2D eigenvalue weighted by Crippen LogP contribution is 2.34. The third-order valence-corrected chi connectivity index (χ3v) is 5.69. The molecule has 1 fully saturated rings. The standard InChI is InChI=1S/C16H16N2O6S/c1-9-8-25(23)15-12(14(20)18(15)13(9)16(21)22)17-11(19)7-24-10-5-3-2-4-6-10/h2-6,12,15H,7-8H2,1H3,(H,17,19)(H,21,22)/t12-,15-,25?/m0/s1. The van der Waals surface area contributed by atoms with Gasteiger partial charge in [-0.05, 0) is 24.6 Å². The number of fused-ring (bicyclic) bond motifs is 1. The van der Waals surface area contributed by atoms with Crippen LogP contribution < -0.4 is 10.1 Å². The fourth-order valence-corrected chi connectivity index (χ4v) is 4.51. The number of β-lactam (4-membered cyclic amide) rings is 1. The molecule has 1 unspecified atom stereocenters. The summed E-state index contributed by atoms with van der Waals surface area (Å²) < 4.78 is 17.6. The van der Waals surface area contributed by atoms with E-state index in [-0.39, 0.29) is 18.1 Å². The highest BCUT2D eigenvalue weighted by molar-refractivity contribution is 7.86. The summed E-state index contributed by atoms with van der Waals surface area (Å²) in [6.07, 6.45) is 0. The van der Waals surface area contributed by atoms with Gasteiger partial charge in [-0.2, -0.15) is 0 Å². The van der Waals surface area contributed by atoms with E-state index in [0.717, 1.165) is 4.90 Å². The van der Waals surface area contributed by atoms with Crippen LogP contribution in [0.1, 0.15) is 6.92 Å². The number of hydrogen-bond donors (Lipinski definition) is 2. The summed E-state index contributed by atoms with van der Waals surface area (Å²) in [6.45, 7) is 1.23. The molecule has 2 aliphatic heterocycles. The molecule has 0 radical (unpaired) electrons. The van der Waals surface area contributed by atoms with Crippen LogP contribution in [0.4, 0.5) is 0 Å². The van der Waals surface area contributed by atoms with Gasteiger partial charge < -0.3 is 15.2 Å². The van der Waals surface area contributed by atoms with Crippen molar-refractivity contribution in [3.8, 4) is 5.75 Å². The molecule has 2 N–H and O–H groups in total. The second kappa shape index (κ2) is 6.67. The van der Waals surface area contributed by atoms with Crippen LogP contribution in [0.5, 0.6) is 5.75 Å². The predicted molar refractivity (Wildman–Crippen MR) is 87.8 cm³/mol. The first kappa shape index (κ1) is 17.2. The minimum Gasteiger partial charge on any atom is -0.484 e. The first-order valence-corrected chi connectivity index (χ1v) is 8.89. The quantitative estimate of drug-likeness (QED) is 0.702.